The highest BCUT2D eigenvalue weighted by Gasteiger charge is 2.18. The highest BCUT2D eigenvalue weighted by Crippen LogP contribution is 2.27. The van der Waals surface area contributed by atoms with Crippen molar-refractivity contribution >= 4 is 28.9 Å². The number of amides is 1. The van der Waals surface area contributed by atoms with Crippen molar-refractivity contribution in [3.63, 3.8) is 0 Å². The Morgan fingerprint density at radius 2 is 1.85 bits per heavy atom. The van der Waals surface area contributed by atoms with Crippen LogP contribution >= 0.6 is 0 Å². The Morgan fingerprint density at radius 1 is 1.05 bits per heavy atom. The zero-order chi connectivity index (χ0) is 27.6. The monoisotopic (exact) mass is 538 g/mol. The number of anilines is 2. The first-order valence-corrected chi connectivity index (χ1v) is 13.9. The summed E-state index contributed by atoms with van der Waals surface area (Å²) < 4.78 is 7.96. The molecule has 1 fully saturated rings. The molecule has 3 aromatic rings. The lowest BCUT2D eigenvalue weighted by atomic mass is 10.1. The summed E-state index contributed by atoms with van der Waals surface area (Å²) in [7, 11) is 1.72. The van der Waals surface area contributed by atoms with Crippen LogP contribution in [-0.2, 0) is 13.1 Å². The van der Waals surface area contributed by atoms with Gasteiger partial charge in [0.25, 0.3) is 0 Å². The van der Waals surface area contributed by atoms with E-state index in [1.54, 1.807) is 7.11 Å². The molecule has 0 aliphatic carbocycles. The molecule has 0 spiro atoms. The van der Waals surface area contributed by atoms with Gasteiger partial charge in [0, 0.05) is 57.6 Å². The maximum atomic E-state index is 10.6. The third-order valence-corrected chi connectivity index (χ3v) is 7.19. The van der Waals surface area contributed by atoms with Crippen molar-refractivity contribution in [3.05, 3.63) is 41.6 Å². The van der Waals surface area contributed by atoms with Crippen LogP contribution in [0.4, 0.5) is 16.6 Å². The van der Waals surface area contributed by atoms with Crippen LogP contribution in [0.15, 0.2) is 30.5 Å². The van der Waals surface area contributed by atoms with Crippen LogP contribution in [0.2, 0.25) is 0 Å². The molecule has 11 nitrogen and oxygen atoms in total. The van der Waals surface area contributed by atoms with Gasteiger partial charge in [-0.05, 0) is 37.1 Å². The molecule has 212 valence electrons. The topological polar surface area (TPSA) is 134 Å². The Kier molecular flexibility index (Phi) is 10.2. The average molecular weight is 539 g/mol. The molecule has 0 saturated carbocycles. The summed E-state index contributed by atoms with van der Waals surface area (Å²) in [5, 5.41) is 14.6. The largest absolute Gasteiger partial charge is 0.496 e. The average Bonchev–Trinajstić information content (AvgIpc) is 3.33. The van der Waals surface area contributed by atoms with Gasteiger partial charge in [-0.15, -0.1) is 0 Å². The number of ether oxygens (including phenoxy) is 1. The highest BCUT2D eigenvalue weighted by atomic mass is 16.5. The first-order chi connectivity index (χ1) is 19.0. The molecular weight excluding hydrogens is 496 g/mol. The van der Waals surface area contributed by atoms with Gasteiger partial charge in [0.15, 0.2) is 5.82 Å². The van der Waals surface area contributed by atoms with Crippen molar-refractivity contribution in [1.82, 2.24) is 29.7 Å². The number of hydrogen-bond acceptors (Lipinski definition) is 8. The third-order valence-electron chi connectivity index (χ3n) is 7.19. The van der Waals surface area contributed by atoms with Crippen LogP contribution in [0.5, 0.6) is 5.75 Å². The van der Waals surface area contributed by atoms with E-state index < -0.39 is 6.09 Å². The molecule has 0 unspecified atom stereocenters. The number of piperazine rings is 1. The van der Waals surface area contributed by atoms with E-state index in [-0.39, 0.29) is 5.95 Å². The zero-order valence-electron chi connectivity index (χ0n) is 23.2. The summed E-state index contributed by atoms with van der Waals surface area (Å²) in [6.45, 7) is 9.92. The number of rotatable bonds is 14. The fraction of sp³-hybridized carbons (Fsp3) is 0.536. The second-order valence-corrected chi connectivity index (χ2v) is 10.1. The maximum Gasteiger partial charge on any atom is 0.404 e. The number of hydrogen-bond donors (Lipinski definition) is 4. The Labute approximate surface area is 230 Å². The molecule has 1 aliphatic rings. The second-order valence-electron chi connectivity index (χ2n) is 10.1. The van der Waals surface area contributed by atoms with Gasteiger partial charge in [-0.1, -0.05) is 31.9 Å². The van der Waals surface area contributed by atoms with Gasteiger partial charge >= 0.3 is 6.09 Å². The summed E-state index contributed by atoms with van der Waals surface area (Å²) in [6, 6.07) is 8.46. The molecule has 11 heteroatoms. The van der Waals surface area contributed by atoms with Crippen LogP contribution in [0.25, 0.3) is 11.0 Å². The molecule has 1 aliphatic heterocycles. The molecule has 39 heavy (non-hydrogen) atoms. The van der Waals surface area contributed by atoms with E-state index in [9.17, 15) is 4.79 Å². The van der Waals surface area contributed by atoms with E-state index in [2.05, 4.69) is 60.1 Å². The van der Waals surface area contributed by atoms with Gasteiger partial charge < -0.3 is 35.7 Å². The summed E-state index contributed by atoms with van der Waals surface area (Å²) in [6.07, 6.45) is 5.32. The van der Waals surface area contributed by atoms with E-state index in [0.717, 1.165) is 86.8 Å². The second kappa shape index (κ2) is 14.0. The molecule has 1 saturated heterocycles. The lowest BCUT2D eigenvalue weighted by Crippen LogP contribution is -2.46. The first kappa shape index (κ1) is 28.4. The molecule has 2 aromatic heterocycles. The predicted octanol–water partition coefficient (Wildman–Crippen LogP) is 3.45. The Bertz CT molecular complexity index is 1220. The smallest absolute Gasteiger partial charge is 0.404 e. The third kappa shape index (κ3) is 7.96. The Balaban J connectivity index is 1.37. The lowest BCUT2D eigenvalue weighted by molar-refractivity contribution is 0.126. The summed E-state index contributed by atoms with van der Waals surface area (Å²) in [5.41, 5.74) is 10.1. The number of nitrogens with zero attached hydrogens (tertiary/aromatic N) is 5. The van der Waals surface area contributed by atoms with Gasteiger partial charge in [0.1, 0.15) is 11.3 Å². The number of carbonyl (C=O) groups is 1. The number of nitrogen functional groups attached to an aromatic ring is 1. The fourth-order valence-corrected chi connectivity index (χ4v) is 5.09. The molecule has 5 N–H and O–H groups in total. The van der Waals surface area contributed by atoms with Gasteiger partial charge in [-0.3, -0.25) is 4.90 Å². The molecule has 4 rings (SSSR count). The molecule has 1 aromatic carbocycles. The van der Waals surface area contributed by atoms with Crippen molar-refractivity contribution in [2.75, 3.05) is 64.0 Å². The van der Waals surface area contributed by atoms with Crippen LogP contribution in [0, 0.1) is 0 Å². The quantitative estimate of drug-likeness (QED) is 0.228. The summed E-state index contributed by atoms with van der Waals surface area (Å²) in [5.74, 6) is 1.91. The molecule has 0 radical (unpaired) electrons. The van der Waals surface area contributed by atoms with Crippen molar-refractivity contribution in [2.45, 2.75) is 45.7 Å². The summed E-state index contributed by atoms with van der Waals surface area (Å²) in [4.78, 5) is 24.4. The minimum absolute atomic E-state index is 0.274. The molecular formula is C28H42N8O3. The van der Waals surface area contributed by atoms with Crippen molar-refractivity contribution in [1.29, 1.82) is 0 Å². The number of benzene rings is 1. The summed E-state index contributed by atoms with van der Waals surface area (Å²) >= 11 is 0. The number of carboxylic acid groups (broad SMARTS) is 1. The number of fused-ring (bicyclic) bond motifs is 1. The SMILES string of the molecule is CCCCCNc1nc(N)nc2ccn(Cc3ccc(CN4CCN(CCCNC(=O)O)CC4)cc3OC)c12. The van der Waals surface area contributed by atoms with Gasteiger partial charge in [0.2, 0.25) is 5.95 Å². The van der Waals surface area contributed by atoms with Crippen LogP contribution in [0.3, 0.4) is 0 Å². The standard InChI is InChI=1S/C28H42N8O3/c1-3-4-5-10-30-26-25-23(32-27(29)33-26)9-13-36(25)20-22-8-7-21(18-24(22)39-2)19-35-16-14-34(15-17-35)12-6-11-31-28(37)38/h7-9,13,18,31H,3-6,10-12,14-17,19-20H2,1-2H3,(H,37,38)(H3,29,30,32,33). The van der Waals surface area contributed by atoms with Crippen LogP contribution in [-0.4, -0.2) is 88.5 Å². The Hall–Kier alpha value is -3.57. The number of unbranched alkanes of at least 4 members (excludes halogenated alkanes) is 2. The first-order valence-electron chi connectivity index (χ1n) is 13.9. The molecule has 0 bridgehead atoms. The van der Waals surface area contributed by atoms with Crippen LogP contribution in [0.1, 0.15) is 43.7 Å². The van der Waals surface area contributed by atoms with Crippen molar-refractivity contribution in [2.24, 2.45) is 0 Å². The minimum atomic E-state index is -0.957. The normalized spacial score (nSPS) is 14.5. The zero-order valence-corrected chi connectivity index (χ0v) is 23.2. The number of nitrogens with one attached hydrogen (secondary N) is 2. The van der Waals surface area contributed by atoms with Crippen molar-refractivity contribution < 1.29 is 14.6 Å². The van der Waals surface area contributed by atoms with Gasteiger partial charge in [-0.2, -0.15) is 4.98 Å². The number of aromatic nitrogens is 3. The highest BCUT2D eigenvalue weighted by molar-refractivity contribution is 5.87. The molecule has 3 heterocycles. The van der Waals surface area contributed by atoms with Crippen molar-refractivity contribution in [3.8, 4) is 5.75 Å². The minimum Gasteiger partial charge on any atom is -0.496 e. The lowest BCUT2D eigenvalue weighted by Gasteiger charge is -2.34. The fourth-order valence-electron chi connectivity index (χ4n) is 5.09. The maximum absolute atomic E-state index is 10.6. The molecule has 0 atom stereocenters. The van der Waals surface area contributed by atoms with Gasteiger partial charge in [0.05, 0.1) is 19.2 Å². The Morgan fingerprint density at radius 3 is 2.59 bits per heavy atom. The van der Waals surface area contributed by atoms with E-state index in [4.69, 9.17) is 15.6 Å². The van der Waals surface area contributed by atoms with E-state index in [1.165, 1.54) is 18.4 Å². The van der Waals surface area contributed by atoms with Gasteiger partial charge in [-0.25, -0.2) is 9.78 Å². The van der Waals surface area contributed by atoms with Crippen LogP contribution < -0.4 is 21.1 Å². The van der Waals surface area contributed by atoms with E-state index >= 15 is 0 Å². The number of methoxy groups -OCH3 is 1. The predicted molar refractivity (Wildman–Crippen MR) is 154 cm³/mol. The number of nitrogens with two attached hydrogens (primary N) is 1. The molecule has 1 amide bonds. The van der Waals surface area contributed by atoms with E-state index in [1.807, 2.05) is 12.3 Å². The van der Waals surface area contributed by atoms with E-state index in [0.29, 0.717) is 13.1 Å².